The maximum Gasteiger partial charge on any atom is 0.270 e. The average molecular weight is 313 g/mol. The molecule has 1 N–H and O–H groups in total. The Morgan fingerprint density at radius 1 is 1.26 bits per heavy atom. The van der Waals surface area contributed by atoms with E-state index in [0.717, 1.165) is 25.2 Å². The number of hydrogen-bond donors (Lipinski definition) is 1. The highest BCUT2D eigenvalue weighted by molar-refractivity contribution is 5.92. The topological polar surface area (TPSA) is 71.0 Å². The van der Waals surface area contributed by atoms with E-state index in [-0.39, 0.29) is 5.91 Å². The molecule has 0 spiro atoms. The second-order valence-corrected chi connectivity index (χ2v) is 5.44. The molecule has 6 nitrogen and oxygen atoms in total. The fraction of sp³-hybridized carbons (Fsp3) is 0.412. The molecule has 0 aliphatic carbocycles. The summed E-state index contributed by atoms with van der Waals surface area (Å²) in [5, 5.41) is 2.85. The molecule has 0 unspecified atom stereocenters. The van der Waals surface area contributed by atoms with E-state index in [2.05, 4.69) is 20.3 Å². The van der Waals surface area contributed by atoms with Gasteiger partial charge in [-0.3, -0.25) is 9.78 Å². The maximum atomic E-state index is 12.1. The van der Waals surface area contributed by atoms with Crippen molar-refractivity contribution in [3.63, 3.8) is 0 Å². The van der Waals surface area contributed by atoms with Crippen LogP contribution in [0.4, 0.5) is 5.82 Å². The van der Waals surface area contributed by atoms with Crippen LogP contribution in [0.25, 0.3) is 0 Å². The van der Waals surface area contributed by atoms with Crippen molar-refractivity contribution in [2.75, 3.05) is 25.0 Å². The molecule has 2 rings (SSSR count). The van der Waals surface area contributed by atoms with E-state index in [1.807, 2.05) is 31.0 Å². The minimum Gasteiger partial charge on any atom is -0.359 e. The van der Waals surface area contributed by atoms with Gasteiger partial charge in [-0.2, -0.15) is 0 Å². The first-order valence-electron chi connectivity index (χ1n) is 7.84. The highest BCUT2D eigenvalue weighted by Crippen LogP contribution is 2.12. The van der Waals surface area contributed by atoms with Gasteiger partial charge in [0.05, 0.1) is 0 Å². The Kier molecular flexibility index (Phi) is 6.02. The number of hydrogen-bond acceptors (Lipinski definition) is 5. The Balaban J connectivity index is 2.06. The lowest BCUT2D eigenvalue weighted by Crippen LogP contribution is -2.27. The number of aromatic nitrogens is 3. The SMILES string of the molecule is CCCNC(=O)c1cc(N(C)CCc2ccncc2)nc(C)n1. The molecule has 0 saturated carbocycles. The van der Waals surface area contributed by atoms with E-state index < -0.39 is 0 Å². The molecule has 0 aromatic carbocycles. The van der Waals surface area contributed by atoms with E-state index in [1.54, 1.807) is 25.4 Å². The summed E-state index contributed by atoms with van der Waals surface area (Å²) >= 11 is 0. The molecule has 0 radical (unpaired) electrons. The Bertz CT molecular complexity index is 645. The zero-order chi connectivity index (χ0) is 16.7. The Labute approximate surface area is 137 Å². The van der Waals surface area contributed by atoms with Gasteiger partial charge in [0.2, 0.25) is 0 Å². The summed E-state index contributed by atoms with van der Waals surface area (Å²) < 4.78 is 0. The standard InChI is InChI=1S/C17H23N5O/c1-4-8-19-17(23)15-12-16(21-13(2)20-15)22(3)11-7-14-5-9-18-10-6-14/h5-6,9-10,12H,4,7-8,11H2,1-3H3,(H,19,23). The van der Waals surface area contributed by atoms with E-state index >= 15 is 0 Å². The number of nitrogens with one attached hydrogen (secondary N) is 1. The van der Waals surface area contributed by atoms with Crippen LogP contribution in [-0.2, 0) is 6.42 Å². The summed E-state index contributed by atoms with van der Waals surface area (Å²) in [5.41, 5.74) is 1.63. The van der Waals surface area contributed by atoms with Crippen LogP contribution < -0.4 is 10.2 Å². The minimum atomic E-state index is -0.152. The molecule has 0 aliphatic rings. The van der Waals surface area contributed by atoms with Crippen molar-refractivity contribution in [1.29, 1.82) is 0 Å². The molecule has 23 heavy (non-hydrogen) atoms. The zero-order valence-corrected chi connectivity index (χ0v) is 13.9. The molecular weight excluding hydrogens is 290 g/mol. The summed E-state index contributed by atoms with van der Waals surface area (Å²) in [4.78, 5) is 26.8. The van der Waals surface area contributed by atoms with E-state index in [9.17, 15) is 4.79 Å². The number of rotatable bonds is 7. The number of carbonyl (C=O) groups excluding carboxylic acids is 1. The summed E-state index contributed by atoms with van der Waals surface area (Å²) in [6.45, 7) is 5.27. The van der Waals surface area contributed by atoms with Gasteiger partial charge in [0.1, 0.15) is 17.3 Å². The van der Waals surface area contributed by atoms with Crippen molar-refractivity contribution >= 4 is 11.7 Å². The molecule has 2 aromatic heterocycles. The van der Waals surface area contributed by atoms with Crippen LogP contribution in [0.1, 0.15) is 35.2 Å². The van der Waals surface area contributed by atoms with Crippen LogP contribution in [0, 0.1) is 6.92 Å². The summed E-state index contributed by atoms with van der Waals surface area (Å²) in [5.74, 6) is 1.20. The van der Waals surface area contributed by atoms with Crippen LogP contribution in [0.2, 0.25) is 0 Å². The molecule has 1 amide bonds. The van der Waals surface area contributed by atoms with Gasteiger partial charge < -0.3 is 10.2 Å². The zero-order valence-electron chi connectivity index (χ0n) is 13.9. The molecule has 0 bridgehead atoms. The first-order valence-corrected chi connectivity index (χ1v) is 7.84. The molecular formula is C17H23N5O. The first-order chi connectivity index (χ1) is 11.1. The Hall–Kier alpha value is -2.50. The average Bonchev–Trinajstić information content (AvgIpc) is 2.57. The number of carbonyl (C=O) groups is 1. The highest BCUT2D eigenvalue weighted by Gasteiger charge is 2.12. The summed E-state index contributed by atoms with van der Waals surface area (Å²) in [6.07, 6.45) is 5.37. The second kappa shape index (κ2) is 8.22. The first kappa shape index (κ1) is 16.9. The highest BCUT2D eigenvalue weighted by atomic mass is 16.1. The maximum absolute atomic E-state index is 12.1. The van der Waals surface area contributed by atoms with Gasteiger partial charge in [0.25, 0.3) is 5.91 Å². The lowest BCUT2D eigenvalue weighted by molar-refractivity contribution is 0.0948. The molecule has 2 heterocycles. The van der Waals surface area contributed by atoms with Crippen LogP contribution in [-0.4, -0.2) is 41.0 Å². The van der Waals surface area contributed by atoms with Gasteiger partial charge in [-0.05, 0) is 37.5 Å². The second-order valence-electron chi connectivity index (χ2n) is 5.44. The van der Waals surface area contributed by atoms with Crippen molar-refractivity contribution in [2.24, 2.45) is 0 Å². The molecule has 0 fully saturated rings. The lowest BCUT2D eigenvalue weighted by Gasteiger charge is -2.19. The van der Waals surface area contributed by atoms with Crippen molar-refractivity contribution in [3.8, 4) is 0 Å². The third kappa shape index (κ3) is 5.02. The van der Waals surface area contributed by atoms with Crippen LogP contribution in [0.15, 0.2) is 30.6 Å². The predicted molar refractivity (Wildman–Crippen MR) is 90.6 cm³/mol. The lowest BCUT2D eigenvalue weighted by atomic mass is 10.2. The predicted octanol–water partition coefficient (Wildman–Crippen LogP) is 2.00. The van der Waals surface area contributed by atoms with Crippen molar-refractivity contribution in [2.45, 2.75) is 26.7 Å². The molecule has 122 valence electrons. The number of anilines is 1. The molecule has 0 atom stereocenters. The van der Waals surface area contributed by atoms with Crippen molar-refractivity contribution in [3.05, 3.63) is 47.7 Å². The third-order valence-electron chi connectivity index (χ3n) is 3.47. The van der Waals surface area contributed by atoms with Gasteiger partial charge in [0, 0.05) is 38.6 Å². The number of likely N-dealkylation sites (N-methyl/N-ethyl adjacent to an activating group) is 1. The fourth-order valence-corrected chi connectivity index (χ4v) is 2.15. The molecule has 2 aromatic rings. The van der Waals surface area contributed by atoms with Gasteiger partial charge in [0.15, 0.2) is 0 Å². The smallest absolute Gasteiger partial charge is 0.270 e. The largest absolute Gasteiger partial charge is 0.359 e. The van der Waals surface area contributed by atoms with Crippen LogP contribution in [0.5, 0.6) is 0 Å². The molecule has 6 heteroatoms. The van der Waals surface area contributed by atoms with E-state index in [0.29, 0.717) is 18.1 Å². The van der Waals surface area contributed by atoms with Crippen LogP contribution >= 0.6 is 0 Å². The quantitative estimate of drug-likeness (QED) is 0.846. The van der Waals surface area contributed by atoms with Gasteiger partial charge >= 0.3 is 0 Å². The number of nitrogens with zero attached hydrogens (tertiary/aromatic N) is 4. The van der Waals surface area contributed by atoms with E-state index in [1.165, 1.54) is 5.56 Å². The number of aryl methyl sites for hydroxylation is 1. The number of pyridine rings is 1. The molecule has 0 aliphatic heterocycles. The Morgan fingerprint density at radius 3 is 2.70 bits per heavy atom. The minimum absolute atomic E-state index is 0.152. The van der Waals surface area contributed by atoms with Gasteiger partial charge in [-0.1, -0.05) is 6.92 Å². The van der Waals surface area contributed by atoms with E-state index in [4.69, 9.17) is 0 Å². The summed E-state index contributed by atoms with van der Waals surface area (Å²) in [7, 11) is 1.97. The van der Waals surface area contributed by atoms with Crippen molar-refractivity contribution < 1.29 is 4.79 Å². The monoisotopic (exact) mass is 313 g/mol. The third-order valence-corrected chi connectivity index (χ3v) is 3.47. The fourth-order valence-electron chi connectivity index (χ4n) is 2.15. The Morgan fingerprint density at radius 2 is 2.00 bits per heavy atom. The van der Waals surface area contributed by atoms with Gasteiger partial charge in [-0.25, -0.2) is 9.97 Å². The van der Waals surface area contributed by atoms with Crippen molar-refractivity contribution in [1.82, 2.24) is 20.3 Å². The summed E-state index contributed by atoms with van der Waals surface area (Å²) in [6, 6.07) is 5.75. The molecule has 0 saturated heterocycles. The van der Waals surface area contributed by atoms with Crippen LogP contribution in [0.3, 0.4) is 0 Å². The number of amides is 1. The van der Waals surface area contributed by atoms with Gasteiger partial charge in [-0.15, -0.1) is 0 Å². The normalized spacial score (nSPS) is 10.4.